The number of carbonyl (C=O) groups excluding carboxylic acids is 1. The molecule has 23 heavy (non-hydrogen) atoms. The number of nitrogens with zero attached hydrogens (tertiary/aromatic N) is 1. The number of thiophene rings is 1. The molecular weight excluding hydrogens is 423 g/mol. The summed E-state index contributed by atoms with van der Waals surface area (Å²) in [4.78, 5) is 15.4. The van der Waals surface area contributed by atoms with Crippen molar-refractivity contribution in [3.05, 3.63) is 19.4 Å². The van der Waals surface area contributed by atoms with Crippen molar-refractivity contribution in [1.82, 2.24) is 10.2 Å². The van der Waals surface area contributed by atoms with Crippen molar-refractivity contribution in [2.45, 2.75) is 58.6 Å². The van der Waals surface area contributed by atoms with Crippen LogP contribution in [0.4, 0.5) is 4.79 Å². The quantitative estimate of drug-likeness (QED) is 0.668. The van der Waals surface area contributed by atoms with E-state index in [9.17, 15) is 4.79 Å². The van der Waals surface area contributed by atoms with Gasteiger partial charge in [-0.25, -0.2) is 4.79 Å². The van der Waals surface area contributed by atoms with Crippen LogP contribution in [-0.2, 0) is 11.2 Å². The van der Waals surface area contributed by atoms with Gasteiger partial charge in [0.1, 0.15) is 5.60 Å². The third-order valence-electron chi connectivity index (χ3n) is 3.89. The fraction of sp³-hybridized carbons (Fsp3) is 0.706. The van der Waals surface area contributed by atoms with Gasteiger partial charge in [-0.2, -0.15) is 0 Å². The first-order valence-corrected chi connectivity index (χ1v) is 10.2. The Morgan fingerprint density at radius 3 is 2.91 bits per heavy atom. The zero-order valence-corrected chi connectivity index (χ0v) is 17.4. The second kappa shape index (κ2) is 8.16. The molecule has 1 amide bonds. The first-order chi connectivity index (χ1) is 10.8. The zero-order chi connectivity index (χ0) is 17.0. The van der Waals surface area contributed by atoms with Gasteiger partial charge in [-0.3, -0.25) is 0 Å². The van der Waals surface area contributed by atoms with Crippen LogP contribution in [0.25, 0.3) is 0 Å². The summed E-state index contributed by atoms with van der Waals surface area (Å²) < 4.78 is 6.82. The molecule has 1 unspecified atom stereocenters. The highest BCUT2D eigenvalue weighted by Gasteiger charge is 2.24. The highest BCUT2D eigenvalue weighted by Crippen LogP contribution is 2.36. The van der Waals surface area contributed by atoms with E-state index in [2.05, 4.69) is 34.0 Å². The molecule has 0 radical (unpaired) electrons. The van der Waals surface area contributed by atoms with E-state index < -0.39 is 5.60 Å². The molecule has 0 bridgehead atoms. The first-order valence-electron chi connectivity index (χ1n) is 8.29. The number of nitrogens with one attached hydrogen (secondary N) is 1. The number of ether oxygens (including phenoxy) is 1. The number of halogens is 1. The number of aryl methyl sites for hydroxylation is 1. The standard InChI is InChI=1S/C17H27IN2O2S/c1-5-20(16(21)22-17(2,3)4)10-9-19-13-7-6-8-14-12(13)11-15(18)23-14/h11,13,19H,5-10H2,1-4H3. The van der Waals surface area contributed by atoms with Crippen molar-refractivity contribution >= 4 is 40.0 Å². The van der Waals surface area contributed by atoms with Gasteiger partial charge in [0.2, 0.25) is 0 Å². The predicted octanol–water partition coefficient (Wildman–Crippen LogP) is 4.58. The highest BCUT2D eigenvalue weighted by atomic mass is 127. The molecule has 0 aromatic carbocycles. The zero-order valence-electron chi connectivity index (χ0n) is 14.4. The molecule has 6 heteroatoms. The molecule has 1 atom stereocenters. The van der Waals surface area contributed by atoms with Crippen LogP contribution in [0.15, 0.2) is 6.07 Å². The van der Waals surface area contributed by atoms with Crippen molar-refractivity contribution in [2.24, 2.45) is 0 Å². The Labute approximate surface area is 157 Å². The van der Waals surface area contributed by atoms with Crippen LogP contribution in [0.5, 0.6) is 0 Å². The maximum absolute atomic E-state index is 12.2. The molecule has 0 saturated carbocycles. The molecule has 1 N–H and O–H groups in total. The van der Waals surface area contributed by atoms with E-state index in [0.717, 1.165) is 6.54 Å². The Morgan fingerprint density at radius 1 is 1.52 bits per heavy atom. The van der Waals surface area contributed by atoms with Gasteiger partial charge in [0, 0.05) is 30.6 Å². The van der Waals surface area contributed by atoms with E-state index in [1.54, 1.807) is 4.90 Å². The monoisotopic (exact) mass is 450 g/mol. The van der Waals surface area contributed by atoms with Gasteiger partial charge in [0.05, 0.1) is 2.88 Å². The number of hydrogen-bond acceptors (Lipinski definition) is 4. The van der Waals surface area contributed by atoms with Crippen LogP contribution in [0.1, 0.15) is 57.0 Å². The number of carbonyl (C=O) groups is 1. The first kappa shape index (κ1) is 19.0. The van der Waals surface area contributed by atoms with Crippen LogP contribution in [0.3, 0.4) is 0 Å². The lowest BCUT2D eigenvalue weighted by molar-refractivity contribution is 0.0260. The molecule has 1 aromatic heterocycles. The van der Waals surface area contributed by atoms with E-state index in [-0.39, 0.29) is 6.09 Å². The number of likely N-dealkylation sites (N-methyl/N-ethyl adjacent to an activating group) is 1. The number of rotatable bonds is 5. The van der Waals surface area contributed by atoms with Crippen molar-refractivity contribution in [3.63, 3.8) is 0 Å². The summed E-state index contributed by atoms with van der Waals surface area (Å²) in [6.07, 6.45) is 3.40. The summed E-state index contributed by atoms with van der Waals surface area (Å²) in [5, 5.41) is 3.63. The maximum Gasteiger partial charge on any atom is 0.410 e. The lowest BCUT2D eigenvalue weighted by Gasteiger charge is -2.28. The van der Waals surface area contributed by atoms with E-state index in [1.807, 2.05) is 39.0 Å². The molecule has 0 fully saturated rings. The highest BCUT2D eigenvalue weighted by molar-refractivity contribution is 14.1. The molecule has 0 saturated heterocycles. The van der Waals surface area contributed by atoms with Gasteiger partial charge in [0.15, 0.2) is 0 Å². The Morgan fingerprint density at radius 2 is 2.26 bits per heavy atom. The third-order valence-corrected chi connectivity index (χ3v) is 5.86. The third kappa shape index (κ3) is 5.60. The van der Waals surface area contributed by atoms with Crippen molar-refractivity contribution in [3.8, 4) is 0 Å². The molecular formula is C17H27IN2O2S. The van der Waals surface area contributed by atoms with E-state index in [4.69, 9.17) is 4.74 Å². The summed E-state index contributed by atoms with van der Waals surface area (Å²) in [5.41, 5.74) is 1.02. The molecule has 130 valence electrons. The fourth-order valence-corrected chi connectivity index (χ4v) is 4.93. The van der Waals surface area contributed by atoms with Gasteiger partial charge in [-0.1, -0.05) is 0 Å². The Hall–Kier alpha value is -0.340. The van der Waals surface area contributed by atoms with E-state index in [0.29, 0.717) is 19.1 Å². The van der Waals surface area contributed by atoms with Crippen LogP contribution < -0.4 is 5.32 Å². The second-order valence-corrected chi connectivity index (χ2v) is 9.92. The molecule has 1 aromatic rings. The number of amides is 1. The van der Waals surface area contributed by atoms with Crippen LogP contribution in [0.2, 0.25) is 0 Å². The summed E-state index contributed by atoms with van der Waals surface area (Å²) in [6.45, 7) is 9.84. The van der Waals surface area contributed by atoms with E-state index >= 15 is 0 Å². The normalized spacial score (nSPS) is 17.7. The lowest BCUT2D eigenvalue weighted by Crippen LogP contribution is -2.41. The van der Waals surface area contributed by atoms with E-state index in [1.165, 1.54) is 32.6 Å². The molecule has 0 spiro atoms. The van der Waals surface area contributed by atoms with Crippen molar-refractivity contribution < 1.29 is 9.53 Å². The molecule has 1 aliphatic rings. The smallest absolute Gasteiger partial charge is 0.410 e. The van der Waals surface area contributed by atoms with Gasteiger partial charge < -0.3 is 15.0 Å². The van der Waals surface area contributed by atoms with Gasteiger partial charge >= 0.3 is 6.09 Å². The SMILES string of the molecule is CCN(CCNC1CCCc2sc(I)cc21)C(=O)OC(C)(C)C. The topological polar surface area (TPSA) is 41.6 Å². The summed E-state index contributed by atoms with van der Waals surface area (Å²) in [7, 11) is 0. The van der Waals surface area contributed by atoms with Crippen LogP contribution in [0, 0.1) is 2.88 Å². The lowest BCUT2D eigenvalue weighted by atomic mass is 9.94. The summed E-state index contributed by atoms with van der Waals surface area (Å²) in [6, 6.07) is 2.74. The van der Waals surface area contributed by atoms with Gasteiger partial charge in [-0.15, -0.1) is 11.3 Å². The largest absolute Gasteiger partial charge is 0.444 e. The second-order valence-electron chi connectivity index (χ2n) is 6.89. The van der Waals surface area contributed by atoms with Crippen LogP contribution >= 0.6 is 33.9 Å². The minimum atomic E-state index is -0.441. The maximum atomic E-state index is 12.2. The molecule has 1 heterocycles. The van der Waals surface area contributed by atoms with Gasteiger partial charge in [-0.05, 0) is 81.2 Å². The van der Waals surface area contributed by atoms with Crippen molar-refractivity contribution in [1.29, 1.82) is 0 Å². The number of hydrogen-bond donors (Lipinski definition) is 1. The minimum absolute atomic E-state index is 0.226. The Kier molecular flexibility index (Phi) is 6.74. The summed E-state index contributed by atoms with van der Waals surface area (Å²) >= 11 is 4.32. The average molecular weight is 450 g/mol. The molecule has 1 aliphatic carbocycles. The number of fused-ring (bicyclic) bond motifs is 1. The molecule has 0 aliphatic heterocycles. The Balaban J connectivity index is 1.85. The average Bonchev–Trinajstić information content (AvgIpc) is 2.82. The van der Waals surface area contributed by atoms with Gasteiger partial charge in [0.25, 0.3) is 0 Å². The molecule has 2 rings (SSSR count). The predicted molar refractivity (Wildman–Crippen MR) is 104 cm³/mol. The minimum Gasteiger partial charge on any atom is -0.444 e. The van der Waals surface area contributed by atoms with Crippen LogP contribution in [-0.4, -0.2) is 36.2 Å². The fourth-order valence-electron chi connectivity index (χ4n) is 2.81. The summed E-state index contributed by atoms with van der Waals surface area (Å²) in [5.74, 6) is 0. The van der Waals surface area contributed by atoms with Crippen molar-refractivity contribution in [2.75, 3.05) is 19.6 Å². The Bertz CT molecular complexity index is 539. The molecule has 4 nitrogen and oxygen atoms in total.